The van der Waals surface area contributed by atoms with E-state index < -0.39 is 0 Å². The Morgan fingerprint density at radius 1 is 1.33 bits per heavy atom. The van der Waals surface area contributed by atoms with Crippen molar-refractivity contribution in [1.29, 1.82) is 0 Å². The van der Waals surface area contributed by atoms with Gasteiger partial charge >= 0.3 is 6.03 Å². The second kappa shape index (κ2) is 8.58. The molecule has 2 fully saturated rings. The molecule has 0 spiro atoms. The molecule has 2 aliphatic heterocycles. The number of likely N-dealkylation sites (tertiary alicyclic amines) is 1. The van der Waals surface area contributed by atoms with Gasteiger partial charge in [0.1, 0.15) is 0 Å². The molecule has 1 unspecified atom stereocenters. The van der Waals surface area contributed by atoms with Crippen LogP contribution in [0, 0.1) is 5.92 Å². The number of carbonyl (C=O) groups is 3. The van der Waals surface area contributed by atoms with Crippen LogP contribution in [0.5, 0.6) is 0 Å². The maximum Gasteiger partial charge on any atom is 0.321 e. The summed E-state index contributed by atoms with van der Waals surface area (Å²) in [6.07, 6.45) is 1.49. The molecule has 2 heterocycles. The van der Waals surface area contributed by atoms with Crippen LogP contribution in [0.2, 0.25) is 5.02 Å². The van der Waals surface area contributed by atoms with E-state index in [9.17, 15) is 14.4 Å². The summed E-state index contributed by atoms with van der Waals surface area (Å²) in [6, 6.07) is 4.81. The van der Waals surface area contributed by atoms with Crippen molar-refractivity contribution in [2.75, 3.05) is 44.2 Å². The van der Waals surface area contributed by atoms with Crippen molar-refractivity contribution >= 4 is 35.1 Å². The number of halogens is 1. The lowest BCUT2D eigenvalue weighted by Crippen LogP contribution is -2.46. The molecule has 146 valence electrons. The number of urea groups is 1. The molecule has 0 aliphatic carbocycles. The number of hydrogen-bond acceptors (Lipinski definition) is 4. The number of hydrogen-bond donors (Lipinski definition) is 3. The molecule has 4 N–H and O–H groups in total. The lowest BCUT2D eigenvalue weighted by molar-refractivity contribution is -0.126. The van der Waals surface area contributed by atoms with Gasteiger partial charge < -0.3 is 21.3 Å². The van der Waals surface area contributed by atoms with Crippen molar-refractivity contribution in [1.82, 2.24) is 15.5 Å². The highest BCUT2D eigenvalue weighted by molar-refractivity contribution is 6.34. The summed E-state index contributed by atoms with van der Waals surface area (Å²) >= 11 is 6.26. The number of nitrogens with one attached hydrogen (secondary N) is 2. The maximum absolute atomic E-state index is 13.0. The van der Waals surface area contributed by atoms with E-state index in [1.54, 1.807) is 28.0 Å². The topological polar surface area (TPSA) is 108 Å². The first-order chi connectivity index (χ1) is 13.0. The molecule has 2 saturated heterocycles. The van der Waals surface area contributed by atoms with Crippen LogP contribution in [0.3, 0.4) is 0 Å². The van der Waals surface area contributed by atoms with Gasteiger partial charge in [-0.15, -0.1) is 0 Å². The van der Waals surface area contributed by atoms with Gasteiger partial charge in [0, 0.05) is 45.0 Å². The monoisotopic (exact) mass is 393 g/mol. The molecule has 4 amide bonds. The molecular formula is C18H24ClN5O3. The second-order valence-corrected chi connectivity index (χ2v) is 7.12. The molecule has 2 aliphatic rings. The Labute approximate surface area is 163 Å². The highest BCUT2D eigenvalue weighted by Gasteiger charge is 2.30. The first-order valence-electron chi connectivity index (χ1n) is 9.13. The van der Waals surface area contributed by atoms with Crippen molar-refractivity contribution in [3.8, 4) is 0 Å². The standard InChI is InChI=1S/C18H24ClN5O3/c19-15-4-3-13(24-9-7-22-18(24)27)10-14(15)17(26)23-8-1-2-12(11-23)16(25)21-6-5-20/h3-4,10,12H,1-2,5-9,11,20H2,(H,21,25)(H,22,27). The largest absolute Gasteiger partial charge is 0.355 e. The number of benzene rings is 1. The molecule has 9 heteroatoms. The molecule has 3 rings (SSSR count). The van der Waals surface area contributed by atoms with Crippen LogP contribution in [-0.4, -0.2) is 62.0 Å². The molecule has 0 saturated carbocycles. The Hall–Kier alpha value is -2.32. The van der Waals surface area contributed by atoms with E-state index in [4.69, 9.17) is 17.3 Å². The van der Waals surface area contributed by atoms with Gasteiger partial charge in [0.2, 0.25) is 5.91 Å². The minimum absolute atomic E-state index is 0.0773. The maximum atomic E-state index is 13.0. The summed E-state index contributed by atoms with van der Waals surface area (Å²) in [5.41, 5.74) is 6.40. The molecular weight excluding hydrogens is 370 g/mol. The Bertz CT molecular complexity index is 742. The number of piperidine rings is 1. The predicted octanol–water partition coefficient (Wildman–Crippen LogP) is 0.797. The van der Waals surface area contributed by atoms with Crippen LogP contribution in [0.1, 0.15) is 23.2 Å². The number of rotatable bonds is 5. The van der Waals surface area contributed by atoms with Gasteiger partial charge in [-0.25, -0.2) is 4.79 Å². The average molecular weight is 394 g/mol. The van der Waals surface area contributed by atoms with Crippen LogP contribution in [-0.2, 0) is 4.79 Å². The van der Waals surface area contributed by atoms with Crippen molar-refractivity contribution in [2.45, 2.75) is 12.8 Å². The van der Waals surface area contributed by atoms with E-state index in [0.29, 0.717) is 55.5 Å². The third kappa shape index (κ3) is 4.33. The molecule has 1 atom stereocenters. The Kier molecular flexibility index (Phi) is 6.18. The van der Waals surface area contributed by atoms with Gasteiger partial charge in [0.05, 0.1) is 16.5 Å². The zero-order valence-electron chi connectivity index (χ0n) is 15.0. The van der Waals surface area contributed by atoms with Crippen molar-refractivity contribution in [3.63, 3.8) is 0 Å². The van der Waals surface area contributed by atoms with Gasteiger partial charge in [0.25, 0.3) is 5.91 Å². The van der Waals surface area contributed by atoms with Crippen LogP contribution < -0.4 is 21.3 Å². The number of carbonyl (C=O) groups excluding carboxylic acids is 3. The average Bonchev–Trinajstić information content (AvgIpc) is 3.12. The van der Waals surface area contributed by atoms with Gasteiger partial charge in [-0.2, -0.15) is 0 Å². The zero-order chi connectivity index (χ0) is 19.4. The Morgan fingerprint density at radius 3 is 2.85 bits per heavy atom. The van der Waals surface area contributed by atoms with E-state index in [-0.39, 0.29) is 23.8 Å². The third-order valence-electron chi connectivity index (χ3n) is 4.87. The fourth-order valence-corrected chi connectivity index (χ4v) is 3.65. The predicted molar refractivity (Wildman–Crippen MR) is 103 cm³/mol. The number of anilines is 1. The first-order valence-corrected chi connectivity index (χ1v) is 9.51. The smallest absolute Gasteiger partial charge is 0.321 e. The minimum atomic E-state index is -0.249. The first kappa shape index (κ1) is 19.4. The van der Waals surface area contributed by atoms with Crippen LogP contribution in [0.25, 0.3) is 0 Å². The Balaban J connectivity index is 1.74. The van der Waals surface area contributed by atoms with E-state index >= 15 is 0 Å². The summed E-state index contributed by atoms with van der Waals surface area (Å²) in [6.45, 7) is 2.84. The summed E-state index contributed by atoms with van der Waals surface area (Å²) in [4.78, 5) is 40.3. The molecule has 1 aromatic rings. The molecule has 0 radical (unpaired) electrons. The van der Waals surface area contributed by atoms with Crippen LogP contribution >= 0.6 is 11.6 Å². The molecule has 8 nitrogen and oxygen atoms in total. The molecule has 0 bridgehead atoms. The number of nitrogens with two attached hydrogens (primary N) is 1. The van der Waals surface area contributed by atoms with Gasteiger partial charge in [-0.05, 0) is 31.0 Å². The summed E-state index contributed by atoms with van der Waals surface area (Å²) in [7, 11) is 0. The minimum Gasteiger partial charge on any atom is -0.355 e. The number of nitrogens with zero attached hydrogens (tertiary/aromatic N) is 2. The Morgan fingerprint density at radius 2 is 2.15 bits per heavy atom. The third-order valence-corrected chi connectivity index (χ3v) is 5.20. The van der Waals surface area contributed by atoms with E-state index in [1.165, 1.54) is 0 Å². The molecule has 1 aromatic carbocycles. The highest BCUT2D eigenvalue weighted by atomic mass is 35.5. The summed E-state index contributed by atoms with van der Waals surface area (Å²) in [5.74, 6) is -0.551. The highest BCUT2D eigenvalue weighted by Crippen LogP contribution is 2.27. The van der Waals surface area contributed by atoms with E-state index in [2.05, 4.69) is 10.6 Å². The molecule has 0 aromatic heterocycles. The van der Waals surface area contributed by atoms with Crippen LogP contribution in [0.15, 0.2) is 18.2 Å². The van der Waals surface area contributed by atoms with Gasteiger partial charge in [-0.1, -0.05) is 11.6 Å². The number of amides is 4. The van der Waals surface area contributed by atoms with Gasteiger partial charge in [-0.3, -0.25) is 14.5 Å². The fourth-order valence-electron chi connectivity index (χ4n) is 3.45. The lowest BCUT2D eigenvalue weighted by Gasteiger charge is -2.32. The van der Waals surface area contributed by atoms with Gasteiger partial charge in [0.15, 0.2) is 0 Å². The summed E-state index contributed by atoms with van der Waals surface area (Å²) < 4.78 is 0. The summed E-state index contributed by atoms with van der Waals surface area (Å²) in [5, 5.41) is 5.85. The fraction of sp³-hybridized carbons (Fsp3) is 0.500. The van der Waals surface area contributed by atoms with E-state index in [1.807, 2.05) is 0 Å². The molecule has 27 heavy (non-hydrogen) atoms. The quantitative estimate of drug-likeness (QED) is 0.687. The van der Waals surface area contributed by atoms with Crippen molar-refractivity contribution < 1.29 is 14.4 Å². The van der Waals surface area contributed by atoms with E-state index in [0.717, 1.165) is 12.8 Å². The van der Waals surface area contributed by atoms with Crippen LogP contribution in [0.4, 0.5) is 10.5 Å². The lowest BCUT2D eigenvalue weighted by atomic mass is 9.96. The zero-order valence-corrected chi connectivity index (χ0v) is 15.8. The normalized spacial score (nSPS) is 19.8. The SMILES string of the molecule is NCCNC(=O)C1CCCN(C(=O)c2cc(N3CCNC3=O)ccc2Cl)C1. The van der Waals surface area contributed by atoms with Crippen molar-refractivity contribution in [3.05, 3.63) is 28.8 Å². The van der Waals surface area contributed by atoms with Crippen molar-refractivity contribution in [2.24, 2.45) is 11.7 Å². The second-order valence-electron chi connectivity index (χ2n) is 6.72.